The molecule has 1 aliphatic carbocycles. The zero-order chi connectivity index (χ0) is 19.5. The van der Waals surface area contributed by atoms with Gasteiger partial charge >= 0.3 is 0 Å². The number of nitrogens with one attached hydrogen (secondary N) is 1. The number of halogens is 1. The Hall–Kier alpha value is -2.89. The van der Waals surface area contributed by atoms with E-state index in [1.165, 1.54) is 30.4 Å². The summed E-state index contributed by atoms with van der Waals surface area (Å²) in [6.45, 7) is 2.06. The first-order valence-electron chi connectivity index (χ1n) is 9.72. The summed E-state index contributed by atoms with van der Waals surface area (Å²) in [6.07, 6.45) is 10.4. The summed E-state index contributed by atoms with van der Waals surface area (Å²) >= 11 is 0. The molecule has 1 fully saturated rings. The second-order valence-corrected chi connectivity index (χ2v) is 7.56. The molecule has 2 aromatic heterocycles. The average molecular weight is 378 g/mol. The minimum absolute atomic E-state index is 0.0836. The van der Waals surface area contributed by atoms with Crippen molar-refractivity contribution in [2.24, 2.45) is 5.92 Å². The Morgan fingerprint density at radius 3 is 2.64 bits per heavy atom. The van der Waals surface area contributed by atoms with Crippen LogP contribution in [0.1, 0.15) is 54.4 Å². The van der Waals surface area contributed by atoms with Gasteiger partial charge in [-0.1, -0.05) is 0 Å². The average Bonchev–Trinajstić information content (AvgIpc) is 2.74. The van der Waals surface area contributed by atoms with Crippen LogP contribution in [0.5, 0.6) is 0 Å². The Kier molecular flexibility index (Phi) is 5.28. The second-order valence-electron chi connectivity index (χ2n) is 7.56. The number of hydrogen-bond acceptors (Lipinski definition) is 4. The third-order valence-corrected chi connectivity index (χ3v) is 5.84. The van der Waals surface area contributed by atoms with Gasteiger partial charge in [0.2, 0.25) is 0 Å². The number of hydrogen-bond donors (Lipinski definition) is 1. The maximum Gasteiger partial charge on any atom is 0.254 e. The molecule has 1 unspecified atom stereocenters. The molecule has 1 saturated carbocycles. The molecule has 28 heavy (non-hydrogen) atoms. The first kappa shape index (κ1) is 18.5. The van der Waals surface area contributed by atoms with E-state index in [2.05, 4.69) is 27.2 Å². The van der Waals surface area contributed by atoms with Gasteiger partial charge < -0.3 is 5.32 Å². The van der Waals surface area contributed by atoms with Crippen molar-refractivity contribution < 1.29 is 9.18 Å². The molecule has 0 aliphatic heterocycles. The standard InChI is InChI=1S/C22H23FN4O/c1-14(27-22(28)17-11-24-13-25-12-17)15-2-4-16(5-3-15)19-8-9-26-21-7-6-18(23)10-20(19)21/h6-16H,2-5H2,1H3,(H,27,28)/t14?,15-,16+. The van der Waals surface area contributed by atoms with Gasteiger partial charge in [0, 0.05) is 30.0 Å². The summed E-state index contributed by atoms with van der Waals surface area (Å²) in [6, 6.07) is 6.89. The summed E-state index contributed by atoms with van der Waals surface area (Å²) in [7, 11) is 0. The van der Waals surface area contributed by atoms with E-state index in [1.54, 1.807) is 12.1 Å². The highest BCUT2D eigenvalue weighted by molar-refractivity contribution is 5.93. The zero-order valence-electron chi connectivity index (χ0n) is 15.8. The van der Waals surface area contributed by atoms with Crippen LogP contribution in [0.4, 0.5) is 4.39 Å². The van der Waals surface area contributed by atoms with Crippen molar-refractivity contribution in [3.8, 4) is 0 Å². The Morgan fingerprint density at radius 1 is 1.14 bits per heavy atom. The van der Waals surface area contributed by atoms with Gasteiger partial charge in [0.25, 0.3) is 5.91 Å². The number of amides is 1. The lowest BCUT2D eigenvalue weighted by molar-refractivity contribution is 0.0917. The summed E-state index contributed by atoms with van der Waals surface area (Å²) in [5.41, 5.74) is 2.50. The number of carbonyl (C=O) groups excluding carboxylic acids is 1. The molecule has 1 aliphatic rings. The molecule has 0 spiro atoms. The van der Waals surface area contributed by atoms with Crippen LogP contribution in [-0.2, 0) is 0 Å². The summed E-state index contributed by atoms with van der Waals surface area (Å²) in [5.74, 6) is 0.464. The number of pyridine rings is 1. The van der Waals surface area contributed by atoms with Crippen LogP contribution in [-0.4, -0.2) is 26.9 Å². The molecule has 0 bridgehead atoms. The first-order valence-corrected chi connectivity index (χ1v) is 9.72. The normalized spacial score (nSPS) is 20.6. The van der Waals surface area contributed by atoms with Crippen molar-refractivity contribution in [2.75, 3.05) is 0 Å². The van der Waals surface area contributed by atoms with Crippen LogP contribution in [0.3, 0.4) is 0 Å². The van der Waals surface area contributed by atoms with Crippen LogP contribution in [0.15, 0.2) is 49.2 Å². The highest BCUT2D eigenvalue weighted by atomic mass is 19.1. The smallest absolute Gasteiger partial charge is 0.254 e. The molecule has 1 amide bonds. The van der Waals surface area contributed by atoms with Crippen molar-refractivity contribution in [2.45, 2.75) is 44.6 Å². The van der Waals surface area contributed by atoms with Crippen LogP contribution in [0.25, 0.3) is 10.9 Å². The summed E-state index contributed by atoms with van der Waals surface area (Å²) in [4.78, 5) is 24.5. The van der Waals surface area contributed by atoms with Gasteiger partial charge in [0.05, 0.1) is 11.1 Å². The second kappa shape index (κ2) is 8.00. The van der Waals surface area contributed by atoms with Gasteiger partial charge in [-0.15, -0.1) is 0 Å². The Bertz CT molecular complexity index is 971. The van der Waals surface area contributed by atoms with Gasteiger partial charge in [-0.3, -0.25) is 9.78 Å². The molecule has 1 aromatic carbocycles. The van der Waals surface area contributed by atoms with Gasteiger partial charge in [-0.05, 0) is 74.3 Å². The Morgan fingerprint density at radius 2 is 1.89 bits per heavy atom. The molecule has 144 valence electrons. The maximum atomic E-state index is 13.7. The van der Waals surface area contributed by atoms with Gasteiger partial charge in [-0.25, -0.2) is 14.4 Å². The molecular formula is C22H23FN4O. The molecule has 5 nitrogen and oxygen atoms in total. The molecule has 2 heterocycles. The number of carbonyl (C=O) groups is 1. The third kappa shape index (κ3) is 3.86. The van der Waals surface area contributed by atoms with Crippen molar-refractivity contribution in [3.05, 3.63) is 66.1 Å². The fourth-order valence-electron chi connectivity index (χ4n) is 4.25. The maximum absolute atomic E-state index is 13.7. The summed E-state index contributed by atoms with van der Waals surface area (Å²) in [5, 5.41) is 3.99. The van der Waals surface area contributed by atoms with Crippen molar-refractivity contribution in [1.82, 2.24) is 20.3 Å². The monoisotopic (exact) mass is 378 g/mol. The summed E-state index contributed by atoms with van der Waals surface area (Å²) < 4.78 is 13.7. The van der Waals surface area contributed by atoms with Gasteiger partial charge in [-0.2, -0.15) is 0 Å². The predicted molar refractivity (Wildman–Crippen MR) is 105 cm³/mol. The lowest BCUT2D eigenvalue weighted by atomic mass is 9.75. The molecule has 6 heteroatoms. The Labute approximate surface area is 163 Å². The topological polar surface area (TPSA) is 67.8 Å². The van der Waals surface area contributed by atoms with Gasteiger partial charge in [0.15, 0.2) is 0 Å². The molecular weight excluding hydrogens is 355 g/mol. The van der Waals surface area contributed by atoms with Crippen LogP contribution in [0, 0.1) is 11.7 Å². The Balaban J connectivity index is 1.41. The van der Waals surface area contributed by atoms with Crippen molar-refractivity contribution in [3.63, 3.8) is 0 Å². The van der Waals surface area contributed by atoms with E-state index in [1.807, 2.05) is 12.3 Å². The molecule has 1 N–H and O–H groups in total. The first-order chi connectivity index (χ1) is 13.6. The van der Waals surface area contributed by atoms with Crippen LogP contribution in [0.2, 0.25) is 0 Å². The molecule has 1 atom stereocenters. The van der Waals surface area contributed by atoms with Gasteiger partial charge in [0.1, 0.15) is 12.1 Å². The minimum atomic E-state index is -0.225. The number of rotatable bonds is 4. The molecule has 0 saturated heterocycles. The van der Waals surface area contributed by atoms with Crippen molar-refractivity contribution >= 4 is 16.8 Å². The van der Waals surface area contributed by atoms with E-state index in [0.29, 0.717) is 17.4 Å². The zero-order valence-corrected chi connectivity index (χ0v) is 15.8. The van der Waals surface area contributed by atoms with E-state index >= 15 is 0 Å². The molecule has 0 radical (unpaired) electrons. The fraction of sp³-hybridized carbons (Fsp3) is 0.364. The lowest BCUT2D eigenvalue weighted by Crippen LogP contribution is -2.39. The number of aromatic nitrogens is 3. The quantitative estimate of drug-likeness (QED) is 0.737. The van der Waals surface area contributed by atoms with Crippen LogP contribution < -0.4 is 5.32 Å². The van der Waals surface area contributed by atoms with E-state index in [-0.39, 0.29) is 17.8 Å². The highest BCUT2D eigenvalue weighted by Gasteiger charge is 2.28. The van der Waals surface area contributed by atoms with E-state index in [0.717, 1.165) is 36.6 Å². The highest BCUT2D eigenvalue weighted by Crippen LogP contribution is 2.39. The fourth-order valence-corrected chi connectivity index (χ4v) is 4.25. The minimum Gasteiger partial charge on any atom is -0.349 e. The van der Waals surface area contributed by atoms with Crippen LogP contribution >= 0.6 is 0 Å². The molecule has 4 rings (SSSR count). The molecule has 3 aromatic rings. The number of nitrogens with zero attached hydrogens (tertiary/aromatic N) is 3. The lowest BCUT2D eigenvalue weighted by Gasteiger charge is -2.33. The van der Waals surface area contributed by atoms with Crippen molar-refractivity contribution in [1.29, 1.82) is 0 Å². The predicted octanol–water partition coefficient (Wildman–Crippen LogP) is 4.26. The van der Waals surface area contributed by atoms with E-state index in [9.17, 15) is 9.18 Å². The SMILES string of the molecule is CC(NC(=O)c1cncnc1)[C@H]1CC[C@@H](c2ccnc3ccc(F)cc32)CC1. The van der Waals surface area contributed by atoms with E-state index < -0.39 is 0 Å². The van der Waals surface area contributed by atoms with E-state index in [4.69, 9.17) is 0 Å². The largest absolute Gasteiger partial charge is 0.349 e. The number of benzene rings is 1. The third-order valence-electron chi connectivity index (χ3n) is 5.84. The number of fused-ring (bicyclic) bond motifs is 1.